The molecule has 0 unspecified atom stereocenters. The van der Waals surface area contributed by atoms with E-state index in [1.807, 2.05) is 55.9 Å². The number of rotatable bonds is 4. The van der Waals surface area contributed by atoms with Gasteiger partial charge in [-0.15, -0.1) is 0 Å². The van der Waals surface area contributed by atoms with E-state index in [0.29, 0.717) is 11.5 Å². The molecule has 6 heteroatoms. The van der Waals surface area contributed by atoms with Crippen LogP contribution in [0.25, 0.3) is 16.8 Å². The minimum atomic E-state index is 0.419. The first-order valence-corrected chi connectivity index (χ1v) is 10.4. The fourth-order valence-electron chi connectivity index (χ4n) is 4.42. The van der Waals surface area contributed by atoms with Crippen LogP contribution in [0.4, 0.5) is 5.69 Å². The molecule has 1 saturated heterocycles. The molecule has 1 fully saturated rings. The van der Waals surface area contributed by atoms with Gasteiger partial charge in [-0.1, -0.05) is 6.07 Å². The molecule has 4 rings (SSSR count). The summed E-state index contributed by atoms with van der Waals surface area (Å²) in [6.07, 6.45) is 7.18. The molecule has 0 amide bonds. The standard InChI is InChI=1S/C24H29N5O/c1-17-14-29-15-20(6-8-23(29)26-17)19-5-7-22(21(13-19)16-30)28(4)24(25-2)18-9-11-27(3)12-10-18/h5-8,13-16,18H,9-12H2,1-4H3. The van der Waals surface area contributed by atoms with Gasteiger partial charge in [-0.2, -0.15) is 0 Å². The number of hydrogen-bond acceptors (Lipinski definition) is 4. The minimum absolute atomic E-state index is 0.419. The van der Waals surface area contributed by atoms with Crippen molar-refractivity contribution in [3.63, 3.8) is 0 Å². The lowest BCUT2D eigenvalue weighted by molar-refractivity contribution is 0.112. The Morgan fingerprint density at radius 3 is 2.60 bits per heavy atom. The smallest absolute Gasteiger partial charge is 0.152 e. The van der Waals surface area contributed by atoms with Gasteiger partial charge in [0.05, 0.1) is 11.4 Å². The van der Waals surface area contributed by atoms with Gasteiger partial charge in [0, 0.05) is 38.0 Å². The van der Waals surface area contributed by atoms with Gasteiger partial charge in [-0.25, -0.2) is 4.98 Å². The SMILES string of the molecule is CN=C(C1CCN(C)CC1)N(C)c1ccc(-c2ccc3nc(C)cn3c2)cc1C=O. The number of aldehydes is 1. The Balaban J connectivity index is 1.64. The van der Waals surface area contributed by atoms with Gasteiger partial charge >= 0.3 is 0 Å². The molecular weight excluding hydrogens is 374 g/mol. The number of hydrogen-bond donors (Lipinski definition) is 0. The summed E-state index contributed by atoms with van der Waals surface area (Å²) in [4.78, 5) is 25.5. The number of piperidine rings is 1. The van der Waals surface area contributed by atoms with E-state index >= 15 is 0 Å². The molecule has 1 aliphatic rings. The van der Waals surface area contributed by atoms with Crippen molar-refractivity contribution in [3.8, 4) is 11.1 Å². The van der Waals surface area contributed by atoms with Crippen LogP contribution in [0.3, 0.4) is 0 Å². The molecule has 3 heterocycles. The average molecular weight is 404 g/mol. The Kier molecular flexibility index (Phi) is 5.68. The van der Waals surface area contributed by atoms with Crippen LogP contribution in [-0.2, 0) is 0 Å². The molecular formula is C24H29N5O. The number of anilines is 1. The lowest BCUT2D eigenvalue weighted by Crippen LogP contribution is -2.40. The molecule has 30 heavy (non-hydrogen) atoms. The Labute approximate surface area is 177 Å². The third kappa shape index (κ3) is 3.87. The number of aromatic nitrogens is 2. The Morgan fingerprint density at radius 1 is 1.17 bits per heavy atom. The Morgan fingerprint density at radius 2 is 1.90 bits per heavy atom. The topological polar surface area (TPSA) is 53.2 Å². The summed E-state index contributed by atoms with van der Waals surface area (Å²) < 4.78 is 2.02. The van der Waals surface area contributed by atoms with Crippen molar-refractivity contribution in [2.75, 3.05) is 39.1 Å². The van der Waals surface area contributed by atoms with Crippen LogP contribution in [0, 0.1) is 12.8 Å². The molecule has 0 saturated carbocycles. The predicted octanol–water partition coefficient (Wildman–Crippen LogP) is 3.93. The molecule has 3 aromatic rings. The maximum absolute atomic E-state index is 12.0. The number of nitrogens with zero attached hydrogens (tertiary/aromatic N) is 5. The highest BCUT2D eigenvalue weighted by molar-refractivity contribution is 6.03. The van der Waals surface area contributed by atoms with Crippen LogP contribution in [0.1, 0.15) is 28.9 Å². The number of amidine groups is 1. The van der Waals surface area contributed by atoms with Crippen LogP contribution >= 0.6 is 0 Å². The van der Waals surface area contributed by atoms with Gasteiger partial charge < -0.3 is 14.2 Å². The second kappa shape index (κ2) is 8.40. The maximum atomic E-state index is 12.0. The summed E-state index contributed by atoms with van der Waals surface area (Å²) in [6, 6.07) is 10.1. The fourth-order valence-corrected chi connectivity index (χ4v) is 4.42. The predicted molar refractivity (Wildman–Crippen MR) is 123 cm³/mol. The second-order valence-corrected chi connectivity index (χ2v) is 8.18. The number of pyridine rings is 1. The molecule has 1 aliphatic heterocycles. The summed E-state index contributed by atoms with van der Waals surface area (Å²) in [5.41, 5.74) is 5.54. The van der Waals surface area contributed by atoms with Gasteiger partial charge in [-0.3, -0.25) is 9.79 Å². The first-order chi connectivity index (χ1) is 14.5. The quantitative estimate of drug-likeness (QED) is 0.376. The molecule has 0 aliphatic carbocycles. The number of carbonyl (C=O) groups is 1. The molecule has 0 bridgehead atoms. The Hall–Kier alpha value is -2.99. The molecule has 0 radical (unpaired) electrons. The number of benzene rings is 1. The summed E-state index contributed by atoms with van der Waals surface area (Å²) >= 11 is 0. The largest absolute Gasteiger partial charge is 0.332 e. The van der Waals surface area contributed by atoms with Gasteiger partial charge in [0.1, 0.15) is 11.5 Å². The van der Waals surface area contributed by atoms with Crippen molar-refractivity contribution in [1.82, 2.24) is 14.3 Å². The third-order valence-electron chi connectivity index (χ3n) is 6.08. The van der Waals surface area contributed by atoms with Crippen LogP contribution < -0.4 is 4.90 Å². The summed E-state index contributed by atoms with van der Waals surface area (Å²) in [5.74, 6) is 1.47. The normalized spacial score (nSPS) is 16.2. The van der Waals surface area contributed by atoms with E-state index in [9.17, 15) is 4.79 Å². The number of fused-ring (bicyclic) bond motifs is 1. The fraction of sp³-hybridized carbons (Fsp3) is 0.375. The van der Waals surface area contributed by atoms with Crippen molar-refractivity contribution < 1.29 is 4.79 Å². The summed E-state index contributed by atoms with van der Waals surface area (Å²) in [6.45, 7) is 4.14. The van der Waals surface area contributed by atoms with E-state index in [4.69, 9.17) is 0 Å². The van der Waals surface area contributed by atoms with Crippen molar-refractivity contribution in [3.05, 3.63) is 54.0 Å². The highest BCUT2D eigenvalue weighted by Gasteiger charge is 2.25. The zero-order valence-electron chi connectivity index (χ0n) is 18.2. The summed E-state index contributed by atoms with van der Waals surface area (Å²) in [5, 5.41) is 0. The average Bonchev–Trinajstić information content (AvgIpc) is 3.14. The molecule has 6 nitrogen and oxygen atoms in total. The zero-order chi connectivity index (χ0) is 21.3. The van der Waals surface area contributed by atoms with E-state index in [1.165, 1.54) is 0 Å². The number of aliphatic imine (C=N–C) groups is 1. The molecule has 1 aromatic carbocycles. The third-order valence-corrected chi connectivity index (χ3v) is 6.08. The van der Waals surface area contributed by atoms with E-state index in [1.54, 1.807) is 0 Å². The first kappa shape index (κ1) is 20.3. The van der Waals surface area contributed by atoms with E-state index in [2.05, 4.69) is 39.1 Å². The lowest BCUT2D eigenvalue weighted by Gasteiger charge is -2.34. The van der Waals surface area contributed by atoms with Crippen LogP contribution in [0.2, 0.25) is 0 Å². The van der Waals surface area contributed by atoms with Gasteiger partial charge in [0.15, 0.2) is 6.29 Å². The monoisotopic (exact) mass is 403 g/mol. The van der Waals surface area contributed by atoms with Crippen LogP contribution in [-0.4, -0.2) is 60.6 Å². The van der Waals surface area contributed by atoms with Crippen molar-refractivity contribution in [1.29, 1.82) is 0 Å². The number of imidazole rings is 1. The van der Waals surface area contributed by atoms with Crippen molar-refractivity contribution in [2.24, 2.45) is 10.9 Å². The number of aryl methyl sites for hydroxylation is 1. The highest BCUT2D eigenvalue weighted by Crippen LogP contribution is 2.29. The number of carbonyl (C=O) groups excluding carboxylic acids is 1. The zero-order valence-corrected chi connectivity index (χ0v) is 18.2. The molecule has 2 aromatic heterocycles. The van der Waals surface area contributed by atoms with E-state index in [0.717, 1.165) is 66.2 Å². The minimum Gasteiger partial charge on any atom is -0.332 e. The van der Waals surface area contributed by atoms with Crippen LogP contribution in [0.5, 0.6) is 0 Å². The highest BCUT2D eigenvalue weighted by atomic mass is 16.1. The van der Waals surface area contributed by atoms with Gasteiger partial charge in [0.25, 0.3) is 0 Å². The molecule has 0 N–H and O–H groups in total. The van der Waals surface area contributed by atoms with Gasteiger partial charge in [0.2, 0.25) is 0 Å². The molecule has 156 valence electrons. The van der Waals surface area contributed by atoms with Crippen molar-refractivity contribution >= 4 is 23.5 Å². The number of likely N-dealkylation sites (tertiary alicyclic amines) is 1. The van der Waals surface area contributed by atoms with Crippen molar-refractivity contribution in [2.45, 2.75) is 19.8 Å². The van der Waals surface area contributed by atoms with Crippen LogP contribution in [0.15, 0.2) is 47.7 Å². The Bertz CT molecular complexity index is 1090. The van der Waals surface area contributed by atoms with Gasteiger partial charge in [-0.05, 0) is 75.3 Å². The maximum Gasteiger partial charge on any atom is 0.152 e. The summed E-state index contributed by atoms with van der Waals surface area (Å²) in [7, 11) is 6.03. The molecule has 0 spiro atoms. The second-order valence-electron chi connectivity index (χ2n) is 8.18. The van der Waals surface area contributed by atoms with E-state index < -0.39 is 0 Å². The lowest BCUT2D eigenvalue weighted by atomic mass is 9.94. The molecule has 0 atom stereocenters. The first-order valence-electron chi connectivity index (χ1n) is 10.4. The van der Waals surface area contributed by atoms with E-state index in [-0.39, 0.29) is 0 Å².